The van der Waals surface area contributed by atoms with Crippen molar-refractivity contribution in [1.82, 2.24) is 0 Å². The summed E-state index contributed by atoms with van der Waals surface area (Å²) in [6, 6.07) is 0. The van der Waals surface area contributed by atoms with Gasteiger partial charge in [0.15, 0.2) is 0 Å². The third kappa shape index (κ3) is 282. The normalized spacial score (nSPS) is 8.06. The van der Waals surface area contributed by atoms with Gasteiger partial charge in [-0.3, -0.25) is 0 Å². The van der Waals surface area contributed by atoms with Crippen molar-refractivity contribution >= 4 is 0 Å². The predicted octanol–water partition coefficient (Wildman–Crippen LogP) is 0.768. The van der Waals surface area contributed by atoms with E-state index in [-0.39, 0.29) is 71.6 Å². The molecule has 0 fully saturated rings. The molecule has 1 unspecified atom stereocenters. The fourth-order valence-electron chi connectivity index (χ4n) is 0. The van der Waals surface area contributed by atoms with Crippen LogP contribution >= 0.6 is 0 Å². The minimum absolute atomic E-state index is 0. The van der Waals surface area contributed by atoms with Gasteiger partial charge in [-0.1, -0.05) is 6.92 Å². The molecule has 6 heteroatoms. The summed E-state index contributed by atoms with van der Waals surface area (Å²) in [5, 5.41) is 31.1. The van der Waals surface area contributed by atoms with Crippen molar-refractivity contribution in [2.45, 2.75) is 47.1 Å². The Kier molecular flexibility index (Phi) is 124. The van der Waals surface area contributed by atoms with Gasteiger partial charge in [0.05, 0.1) is 6.10 Å². The van der Waals surface area contributed by atoms with E-state index in [0.29, 0.717) is 0 Å². The van der Waals surface area contributed by atoms with Crippen molar-refractivity contribution < 1.29 is 66.1 Å². The molecule has 0 aromatic rings. The third-order valence-electron chi connectivity index (χ3n) is 0.591. The number of rotatable bonds is 1. The Morgan fingerprint density at radius 3 is 0.875 bits per heavy atom. The molecule has 0 radical (unpaired) electrons. The fourth-order valence-corrected chi connectivity index (χ4v) is 0. The Bertz CT molecular complexity index is 55.3. The zero-order valence-corrected chi connectivity index (χ0v) is 16.8. The maximum Gasteiger partial charge on any atom is 0.0509 e. The number of hydrogen-bond donors (Lipinski definition) is 4. The molecule has 4 nitrogen and oxygen atoms in total. The average molecular weight is 369 g/mol. The summed E-state index contributed by atoms with van der Waals surface area (Å²) in [6.45, 7) is 9.52. The van der Waals surface area contributed by atoms with Crippen LogP contribution in [-0.2, 0) is 45.7 Å². The summed E-state index contributed by atoms with van der Waals surface area (Å²) in [4.78, 5) is 0. The number of aliphatic hydroxyl groups is 4. The van der Waals surface area contributed by atoms with Gasteiger partial charge in [-0.25, -0.2) is 0 Å². The standard InChI is InChI=1S/C4H10O.3C2H6O.Zn.Zr/c1-3-4(2)5;3*1-2-3;;/h4-5H,3H2,1-2H3;3*3H,2H2,1H3;;. The largest absolute Gasteiger partial charge is 0.397 e. The van der Waals surface area contributed by atoms with E-state index in [4.69, 9.17) is 20.4 Å². The molecule has 0 bridgehead atoms. The van der Waals surface area contributed by atoms with Crippen molar-refractivity contribution in [1.29, 1.82) is 0 Å². The van der Waals surface area contributed by atoms with Crippen molar-refractivity contribution in [3.05, 3.63) is 0 Å². The molecule has 0 aliphatic heterocycles. The first-order valence-electron chi connectivity index (χ1n) is 5.02. The third-order valence-corrected chi connectivity index (χ3v) is 0.591. The quantitative estimate of drug-likeness (QED) is 0.515. The van der Waals surface area contributed by atoms with Gasteiger partial charge in [0, 0.05) is 65.5 Å². The molecule has 16 heavy (non-hydrogen) atoms. The smallest absolute Gasteiger partial charge is 0.0509 e. The van der Waals surface area contributed by atoms with Crippen LogP contribution in [0.5, 0.6) is 0 Å². The van der Waals surface area contributed by atoms with Crippen molar-refractivity contribution in [2.24, 2.45) is 0 Å². The minimum Gasteiger partial charge on any atom is -0.397 e. The Labute approximate surface area is 132 Å². The van der Waals surface area contributed by atoms with Crippen molar-refractivity contribution in [3.8, 4) is 0 Å². The van der Waals surface area contributed by atoms with E-state index in [1.807, 2.05) is 6.92 Å². The Hall–Kier alpha value is 1.35. The van der Waals surface area contributed by atoms with E-state index in [1.54, 1.807) is 27.7 Å². The Morgan fingerprint density at radius 2 is 0.875 bits per heavy atom. The zero-order chi connectivity index (χ0) is 12.4. The number of hydrogen-bond acceptors (Lipinski definition) is 4. The van der Waals surface area contributed by atoms with Crippen LogP contribution in [0.25, 0.3) is 0 Å². The summed E-state index contributed by atoms with van der Waals surface area (Å²) in [7, 11) is 0. The van der Waals surface area contributed by atoms with Gasteiger partial charge in [0.1, 0.15) is 0 Å². The molecular weight excluding hydrogens is 341 g/mol. The molecule has 0 saturated heterocycles. The molecule has 98 valence electrons. The molecule has 0 rings (SSSR count). The van der Waals surface area contributed by atoms with E-state index < -0.39 is 0 Å². The predicted molar refractivity (Wildman–Crippen MR) is 60.3 cm³/mol. The molecule has 0 amide bonds. The second kappa shape index (κ2) is 55.3. The van der Waals surface area contributed by atoms with Crippen LogP contribution < -0.4 is 0 Å². The van der Waals surface area contributed by atoms with E-state index in [1.165, 1.54) is 0 Å². The van der Waals surface area contributed by atoms with Crippen LogP contribution in [0.1, 0.15) is 41.0 Å². The summed E-state index contributed by atoms with van der Waals surface area (Å²) < 4.78 is 0. The van der Waals surface area contributed by atoms with Crippen LogP contribution in [0.15, 0.2) is 0 Å². The van der Waals surface area contributed by atoms with E-state index in [9.17, 15) is 0 Å². The summed E-state index contributed by atoms with van der Waals surface area (Å²) in [5.41, 5.74) is 0. The van der Waals surface area contributed by atoms with Gasteiger partial charge in [-0.05, 0) is 34.1 Å². The Balaban J connectivity index is -0.0000000206. The van der Waals surface area contributed by atoms with Crippen LogP contribution in [0.3, 0.4) is 0 Å². The van der Waals surface area contributed by atoms with Crippen LogP contribution in [0.2, 0.25) is 0 Å². The van der Waals surface area contributed by atoms with Gasteiger partial charge in [0.2, 0.25) is 0 Å². The van der Waals surface area contributed by atoms with Crippen LogP contribution in [0.4, 0.5) is 0 Å². The monoisotopic (exact) mass is 366 g/mol. The topological polar surface area (TPSA) is 80.9 Å². The maximum absolute atomic E-state index is 8.36. The SMILES string of the molecule is CCC(C)O.CCO.CCO.CCO.[Zn].[Zr]. The molecule has 0 aromatic carbocycles. The number of aliphatic hydroxyl groups excluding tert-OH is 4. The zero-order valence-electron chi connectivity index (χ0n) is 11.4. The molecule has 0 aromatic heterocycles. The van der Waals surface area contributed by atoms with Crippen molar-refractivity contribution in [2.75, 3.05) is 19.8 Å². The fraction of sp³-hybridized carbons (Fsp3) is 1.00. The molecule has 0 aliphatic rings. The van der Waals surface area contributed by atoms with E-state index >= 15 is 0 Å². The van der Waals surface area contributed by atoms with Gasteiger partial charge < -0.3 is 20.4 Å². The molecule has 0 saturated carbocycles. The summed E-state index contributed by atoms with van der Waals surface area (Å²) >= 11 is 0. The molecule has 0 aliphatic carbocycles. The van der Waals surface area contributed by atoms with Gasteiger partial charge >= 0.3 is 0 Å². The van der Waals surface area contributed by atoms with Gasteiger partial charge in [-0.15, -0.1) is 0 Å². The second-order valence-corrected chi connectivity index (χ2v) is 2.21. The van der Waals surface area contributed by atoms with Crippen LogP contribution in [0, 0.1) is 0 Å². The minimum atomic E-state index is -0.116. The molecule has 1 atom stereocenters. The van der Waals surface area contributed by atoms with Crippen molar-refractivity contribution in [3.63, 3.8) is 0 Å². The first-order valence-corrected chi connectivity index (χ1v) is 5.02. The summed E-state index contributed by atoms with van der Waals surface area (Å²) in [6.07, 6.45) is 0.745. The first kappa shape index (κ1) is 36.0. The molecule has 0 heterocycles. The van der Waals surface area contributed by atoms with Crippen LogP contribution in [-0.4, -0.2) is 46.4 Å². The average Bonchev–Trinajstić information content (AvgIpc) is 2.08. The first-order chi connectivity index (χ1) is 6.51. The van der Waals surface area contributed by atoms with Gasteiger partial charge in [-0.2, -0.15) is 0 Å². The molecule has 4 N–H and O–H groups in total. The maximum atomic E-state index is 8.36. The van der Waals surface area contributed by atoms with E-state index in [0.717, 1.165) is 6.42 Å². The second-order valence-electron chi connectivity index (χ2n) is 2.21. The molecule has 0 spiro atoms. The Morgan fingerprint density at radius 1 is 0.812 bits per heavy atom. The summed E-state index contributed by atoms with van der Waals surface area (Å²) in [5.74, 6) is 0. The molecular formula is C10H28O4ZnZr. The van der Waals surface area contributed by atoms with Gasteiger partial charge in [0.25, 0.3) is 0 Å². The van der Waals surface area contributed by atoms with E-state index in [2.05, 4.69) is 0 Å².